The molecular weight excluding hydrogens is 210 g/mol. The number of hydrogen-bond acceptors (Lipinski definition) is 4. The van der Waals surface area contributed by atoms with E-state index >= 15 is 0 Å². The fraction of sp³-hybridized carbons (Fsp3) is 0.273. The highest BCUT2D eigenvalue weighted by molar-refractivity contribution is 5.96. The monoisotopic (exact) mass is 223 g/mol. The SMILES string of the molecule is COC(=O)[C@@H](NC(=O)c1ccccc1)OC. The summed E-state index contributed by atoms with van der Waals surface area (Å²) in [4.78, 5) is 22.8. The van der Waals surface area contributed by atoms with Gasteiger partial charge < -0.3 is 14.8 Å². The number of amides is 1. The van der Waals surface area contributed by atoms with Gasteiger partial charge in [0.1, 0.15) is 0 Å². The van der Waals surface area contributed by atoms with Crippen molar-refractivity contribution < 1.29 is 19.1 Å². The van der Waals surface area contributed by atoms with E-state index in [0.717, 1.165) is 0 Å². The van der Waals surface area contributed by atoms with Crippen LogP contribution in [0.2, 0.25) is 0 Å². The van der Waals surface area contributed by atoms with Crippen LogP contribution in [0.5, 0.6) is 0 Å². The molecule has 0 heterocycles. The van der Waals surface area contributed by atoms with Crippen molar-refractivity contribution in [2.24, 2.45) is 0 Å². The van der Waals surface area contributed by atoms with Gasteiger partial charge in [-0.1, -0.05) is 18.2 Å². The third-order valence-corrected chi connectivity index (χ3v) is 1.95. The molecule has 1 atom stereocenters. The van der Waals surface area contributed by atoms with Gasteiger partial charge in [-0.25, -0.2) is 4.79 Å². The fourth-order valence-electron chi connectivity index (χ4n) is 1.11. The Morgan fingerprint density at radius 1 is 1.19 bits per heavy atom. The van der Waals surface area contributed by atoms with E-state index in [2.05, 4.69) is 10.1 Å². The van der Waals surface area contributed by atoms with Gasteiger partial charge in [0.15, 0.2) is 0 Å². The number of rotatable bonds is 4. The van der Waals surface area contributed by atoms with Crippen LogP contribution in [0, 0.1) is 0 Å². The van der Waals surface area contributed by atoms with E-state index in [9.17, 15) is 9.59 Å². The lowest BCUT2D eigenvalue weighted by molar-refractivity contribution is -0.153. The largest absolute Gasteiger partial charge is 0.466 e. The molecular formula is C11H13NO4. The molecule has 86 valence electrons. The van der Waals surface area contributed by atoms with Crippen molar-refractivity contribution >= 4 is 11.9 Å². The molecule has 0 aromatic heterocycles. The molecule has 0 fully saturated rings. The van der Waals surface area contributed by atoms with Gasteiger partial charge in [0.05, 0.1) is 7.11 Å². The lowest BCUT2D eigenvalue weighted by Crippen LogP contribution is -2.42. The Labute approximate surface area is 93.4 Å². The van der Waals surface area contributed by atoms with Crippen LogP contribution < -0.4 is 5.32 Å². The number of nitrogens with one attached hydrogen (secondary N) is 1. The van der Waals surface area contributed by atoms with Crippen LogP contribution in [0.15, 0.2) is 30.3 Å². The standard InChI is InChI=1S/C11H13NO4/c1-15-10(11(14)16-2)12-9(13)8-6-4-3-5-7-8/h3-7,10H,1-2H3,(H,12,13)/t10-/m0/s1. The quantitative estimate of drug-likeness (QED) is 0.598. The van der Waals surface area contributed by atoms with Crippen molar-refractivity contribution in [3.05, 3.63) is 35.9 Å². The van der Waals surface area contributed by atoms with Crippen LogP contribution in [0.4, 0.5) is 0 Å². The maximum Gasteiger partial charge on any atom is 0.356 e. The van der Waals surface area contributed by atoms with Gasteiger partial charge in [0.2, 0.25) is 6.23 Å². The number of carbonyl (C=O) groups is 2. The maximum absolute atomic E-state index is 11.6. The predicted molar refractivity (Wildman–Crippen MR) is 56.7 cm³/mol. The van der Waals surface area contributed by atoms with Crippen LogP contribution in [0.25, 0.3) is 0 Å². The normalized spacial score (nSPS) is 11.6. The molecule has 5 heteroatoms. The Morgan fingerprint density at radius 2 is 1.81 bits per heavy atom. The summed E-state index contributed by atoms with van der Waals surface area (Å²) < 4.78 is 9.25. The molecule has 0 bridgehead atoms. The van der Waals surface area contributed by atoms with E-state index in [4.69, 9.17) is 4.74 Å². The molecule has 0 unspecified atom stereocenters. The summed E-state index contributed by atoms with van der Waals surface area (Å²) in [5, 5.41) is 2.40. The van der Waals surface area contributed by atoms with Crippen LogP contribution in [0.3, 0.4) is 0 Å². The first kappa shape index (κ1) is 12.2. The number of carbonyl (C=O) groups excluding carboxylic acids is 2. The van der Waals surface area contributed by atoms with Crippen molar-refractivity contribution in [3.8, 4) is 0 Å². The predicted octanol–water partition coefficient (Wildman–Crippen LogP) is 0.562. The summed E-state index contributed by atoms with van der Waals surface area (Å²) in [6, 6.07) is 8.54. The third kappa shape index (κ3) is 3.06. The minimum Gasteiger partial charge on any atom is -0.466 e. The molecule has 16 heavy (non-hydrogen) atoms. The zero-order valence-electron chi connectivity index (χ0n) is 9.10. The summed E-state index contributed by atoms with van der Waals surface area (Å²) in [7, 11) is 2.54. The molecule has 1 aromatic rings. The minimum atomic E-state index is -1.09. The number of hydrogen-bond donors (Lipinski definition) is 1. The van der Waals surface area contributed by atoms with Gasteiger partial charge in [0, 0.05) is 12.7 Å². The molecule has 0 saturated carbocycles. The second-order valence-electron chi connectivity index (χ2n) is 2.98. The highest BCUT2D eigenvalue weighted by Gasteiger charge is 2.20. The molecule has 0 saturated heterocycles. The zero-order valence-corrected chi connectivity index (χ0v) is 9.10. The molecule has 0 spiro atoms. The van der Waals surface area contributed by atoms with Gasteiger partial charge in [-0.2, -0.15) is 0 Å². The smallest absolute Gasteiger partial charge is 0.356 e. The van der Waals surface area contributed by atoms with Crippen molar-refractivity contribution in [2.45, 2.75) is 6.23 Å². The molecule has 0 aliphatic heterocycles. The van der Waals surface area contributed by atoms with Gasteiger partial charge in [-0.3, -0.25) is 4.79 Å². The van der Waals surface area contributed by atoms with E-state index in [1.165, 1.54) is 14.2 Å². The summed E-state index contributed by atoms with van der Waals surface area (Å²) in [5.41, 5.74) is 0.452. The number of ether oxygens (including phenoxy) is 2. The highest BCUT2D eigenvalue weighted by atomic mass is 16.6. The first-order valence-corrected chi connectivity index (χ1v) is 4.65. The van der Waals surface area contributed by atoms with E-state index in [1.54, 1.807) is 30.3 Å². The highest BCUT2D eigenvalue weighted by Crippen LogP contribution is 1.99. The average Bonchev–Trinajstić information content (AvgIpc) is 2.35. The van der Waals surface area contributed by atoms with Gasteiger partial charge in [-0.15, -0.1) is 0 Å². The lowest BCUT2D eigenvalue weighted by atomic mass is 10.2. The first-order valence-electron chi connectivity index (χ1n) is 4.65. The van der Waals surface area contributed by atoms with Crippen LogP contribution in [0.1, 0.15) is 10.4 Å². The molecule has 0 radical (unpaired) electrons. The van der Waals surface area contributed by atoms with Crippen molar-refractivity contribution in [1.29, 1.82) is 0 Å². The summed E-state index contributed by atoms with van der Waals surface area (Å²) >= 11 is 0. The summed E-state index contributed by atoms with van der Waals surface area (Å²) in [6.07, 6.45) is -1.09. The van der Waals surface area contributed by atoms with Crippen LogP contribution in [-0.2, 0) is 14.3 Å². The average molecular weight is 223 g/mol. The van der Waals surface area contributed by atoms with Crippen molar-refractivity contribution in [2.75, 3.05) is 14.2 Å². The summed E-state index contributed by atoms with van der Waals surface area (Å²) in [5.74, 6) is -1.04. The number of esters is 1. The van der Waals surface area contributed by atoms with Crippen molar-refractivity contribution in [3.63, 3.8) is 0 Å². The molecule has 1 rings (SSSR count). The van der Waals surface area contributed by atoms with Crippen molar-refractivity contribution in [1.82, 2.24) is 5.32 Å². The summed E-state index contributed by atoms with van der Waals surface area (Å²) in [6.45, 7) is 0. The Morgan fingerprint density at radius 3 is 2.31 bits per heavy atom. The minimum absolute atomic E-state index is 0.391. The van der Waals surface area contributed by atoms with E-state index in [0.29, 0.717) is 5.56 Å². The third-order valence-electron chi connectivity index (χ3n) is 1.95. The Bertz CT molecular complexity index is 364. The Kier molecular flexibility index (Phi) is 4.47. The molecule has 0 aliphatic carbocycles. The molecule has 0 aliphatic rings. The molecule has 1 amide bonds. The first-order chi connectivity index (χ1) is 7.69. The maximum atomic E-state index is 11.6. The van der Waals surface area contributed by atoms with Crippen LogP contribution in [-0.4, -0.2) is 32.3 Å². The molecule has 1 N–H and O–H groups in total. The molecule has 1 aromatic carbocycles. The second-order valence-corrected chi connectivity index (χ2v) is 2.98. The second kappa shape index (κ2) is 5.87. The van der Waals surface area contributed by atoms with E-state index in [1.807, 2.05) is 0 Å². The van der Waals surface area contributed by atoms with E-state index in [-0.39, 0.29) is 0 Å². The van der Waals surface area contributed by atoms with Gasteiger partial charge in [-0.05, 0) is 12.1 Å². The fourth-order valence-corrected chi connectivity index (χ4v) is 1.11. The lowest BCUT2D eigenvalue weighted by Gasteiger charge is -2.14. The Balaban J connectivity index is 2.66. The Hall–Kier alpha value is -1.88. The van der Waals surface area contributed by atoms with Gasteiger partial charge >= 0.3 is 5.97 Å². The van der Waals surface area contributed by atoms with Crippen LogP contribution >= 0.6 is 0 Å². The zero-order chi connectivity index (χ0) is 12.0. The molecule has 5 nitrogen and oxygen atoms in total. The number of benzene rings is 1. The topological polar surface area (TPSA) is 64.6 Å². The van der Waals surface area contributed by atoms with Gasteiger partial charge in [0.25, 0.3) is 5.91 Å². The van der Waals surface area contributed by atoms with E-state index < -0.39 is 18.1 Å². The number of methoxy groups -OCH3 is 2.